The topological polar surface area (TPSA) is 95.8 Å². The fourth-order valence-electron chi connectivity index (χ4n) is 3.30. The number of benzene rings is 2. The van der Waals surface area contributed by atoms with Crippen LogP contribution in [0.5, 0.6) is 0 Å². The number of nitro groups is 1. The summed E-state index contributed by atoms with van der Waals surface area (Å²) in [5, 5.41) is 10.8. The number of halogens is 1. The van der Waals surface area contributed by atoms with E-state index in [1.807, 2.05) is 7.05 Å². The predicted octanol–water partition coefficient (Wildman–Crippen LogP) is 2.00. The Kier molecular flexibility index (Phi) is 6.58. The van der Waals surface area contributed by atoms with Crippen LogP contribution in [0.1, 0.15) is 11.6 Å². The molecule has 0 spiro atoms. The van der Waals surface area contributed by atoms with Crippen LogP contribution in [-0.2, 0) is 10.0 Å². The second kappa shape index (κ2) is 8.95. The summed E-state index contributed by atoms with van der Waals surface area (Å²) in [5.74, 6) is -0.350. The molecule has 1 N–H and O–H groups in total. The van der Waals surface area contributed by atoms with Gasteiger partial charge < -0.3 is 4.90 Å². The van der Waals surface area contributed by atoms with Gasteiger partial charge in [0, 0.05) is 50.9 Å². The third kappa shape index (κ3) is 5.36. The fraction of sp³-hybridized carbons (Fsp3) is 0.368. The monoisotopic (exact) mass is 422 g/mol. The molecule has 156 valence electrons. The number of hydrogen-bond acceptors (Lipinski definition) is 6. The molecule has 3 rings (SSSR count). The number of sulfonamides is 1. The maximum atomic E-state index is 13.3. The smallest absolute Gasteiger partial charge is 0.269 e. The molecule has 0 bridgehead atoms. The minimum absolute atomic E-state index is 0.0423. The average molecular weight is 422 g/mol. The molecule has 0 aromatic heterocycles. The molecule has 0 radical (unpaired) electrons. The highest BCUT2D eigenvalue weighted by molar-refractivity contribution is 7.89. The van der Waals surface area contributed by atoms with Gasteiger partial charge in [-0.2, -0.15) is 0 Å². The molecule has 1 saturated heterocycles. The Hall–Kier alpha value is -2.40. The number of rotatable bonds is 7. The highest BCUT2D eigenvalue weighted by atomic mass is 32.2. The number of likely N-dealkylation sites (N-methyl/N-ethyl adjacent to an activating group) is 1. The van der Waals surface area contributed by atoms with Gasteiger partial charge in [-0.05, 0) is 36.9 Å². The van der Waals surface area contributed by atoms with E-state index in [0.29, 0.717) is 0 Å². The third-order valence-electron chi connectivity index (χ3n) is 5.06. The average Bonchev–Trinajstić information content (AvgIpc) is 2.70. The molecule has 8 nitrogen and oxygen atoms in total. The van der Waals surface area contributed by atoms with E-state index >= 15 is 0 Å². The van der Waals surface area contributed by atoms with Crippen LogP contribution in [-0.4, -0.2) is 62.9 Å². The van der Waals surface area contributed by atoms with Crippen molar-refractivity contribution in [1.29, 1.82) is 0 Å². The molecule has 0 aliphatic carbocycles. The molecular formula is C19H23FN4O4S. The number of non-ortho nitro benzene ring substituents is 1. The van der Waals surface area contributed by atoms with Crippen molar-refractivity contribution in [3.8, 4) is 0 Å². The van der Waals surface area contributed by atoms with Gasteiger partial charge in [0.25, 0.3) is 5.69 Å². The first-order valence-corrected chi connectivity index (χ1v) is 10.7. The summed E-state index contributed by atoms with van der Waals surface area (Å²) in [4.78, 5) is 14.5. The third-order valence-corrected chi connectivity index (χ3v) is 6.50. The Morgan fingerprint density at radius 3 is 2.21 bits per heavy atom. The van der Waals surface area contributed by atoms with Crippen LogP contribution in [0.15, 0.2) is 53.4 Å². The van der Waals surface area contributed by atoms with Crippen LogP contribution >= 0.6 is 0 Å². The number of hydrogen-bond donors (Lipinski definition) is 1. The van der Waals surface area contributed by atoms with Crippen molar-refractivity contribution >= 4 is 15.7 Å². The SMILES string of the molecule is CN1CCN([C@H](CNS(=O)(=O)c2ccc([N+](=O)[O-])cc2)c2ccc(F)cc2)CC1. The lowest BCUT2D eigenvalue weighted by Gasteiger charge is -2.38. The van der Waals surface area contributed by atoms with E-state index < -0.39 is 14.9 Å². The fourth-order valence-corrected chi connectivity index (χ4v) is 4.33. The number of nitrogens with one attached hydrogen (secondary N) is 1. The van der Waals surface area contributed by atoms with E-state index in [2.05, 4.69) is 14.5 Å². The standard InChI is InChI=1S/C19H23FN4O4S/c1-22-10-12-23(13-11-22)19(15-2-4-16(20)5-3-15)14-21-29(27,28)18-8-6-17(7-9-18)24(25)26/h2-9,19,21H,10-14H2,1H3/t19-/m1/s1. The second-order valence-corrected chi connectivity index (χ2v) is 8.78. The van der Waals surface area contributed by atoms with E-state index in [1.54, 1.807) is 12.1 Å². The lowest BCUT2D eigenvalue weighted by Crippen LogP contribution is -2.48. The quantitative estimate of drug-likeness (QED) is 0.542. The lowest BCUT2D eigenvalue weighted by atomic mass is 10.0. The van der Waals surface area contributed by atoms with Crippen LogP contribution in [0.25, 0.3) is 0 Å². The normalized spacial score (nSPS) is 17.2. The van der Waals surface area contributed by atoms with E-state index in [0.717, 1.165) is 43.9 Å². The lowest BCUT2D eigenvalue weighted by molar-refractivity contribution is -0.384. The summed E-state index contributed by atoms with van der Waals surface area (Å²) >= 11 is 0. The summed E-state index contributed by atoms with van der Waals surface area (Å²) in [7, 11) is -1.82. The largest absolute Gasteiger partial charge is 0.304 e. The van der Waals surface area contributed by atoms with Gasteiger partial charge in [-0.25, -0.2) is 17.5 Å². The van der Waals surface area contributed by atoms with Crippen molar-refractivity contribution < 1.29 is 17.7 Å². The van der Waals surface area contributed by atoms with Crippen molar-refractivity contribution in [3.63, 3.8) is 0 Å². The molecule has 0 unspecified atom stereocenters. The van der Waals surface area contributed by atoms with Crippen LogP contribution in [0.4, 0.5) is 10.1 Å². The van der Waals surface area contributed by atoms with Crippen molar-refractivity contribution in [2.24, 2.45) is 0 Å². The van der Waals surface area contributed by atoms with Gasteiger partial charge in [0.1, 0.15) is 5.82 Å². The summed E-state index contributed by atoms with van der Waals surface area (Å²) < 4.78 is 41.3. The molecule has 2 aromatic carbocycles. The van der Waals surface area contributed by atoms with Gasteiger partial charge in [-0.15, -0.1) is 0 Å². The van der Waals surface area contributed by atoms with Crippen molar-refractivity contribution in [2.75, 3.05) is 39.8 Å². The molecule has 2 aromatic rings. The first-order chi connectivity index (χ1) is 13.8. The molecule has 10 heteroatoms. The molecular weight excluding hydrogens is 399 g/mol. The molecule has 0 saturated carbocycles. The highest BCUT2D eigenvalue weighted by Gasteiger charge is 2.26. The summed E-state index contributed by atoms with van der Waals surface area (Å²) in [6.45, 7) is 3.34. The van der Waals surface area contributed by atoms with E-state index in [4.69, 9.17) is 0 Å². The Labute approximate surface area is 169 Å². The zero-order valence-electron chi connectivity index (χ0n) is 16.0. The van der Waals surface area contributed by atoms with E-state index in [-0.39, 0.29) is 29.0 Å². The molecule has 0 amide bonds. The van der Waals surface area contributed by atoms with E-state index in [9.17, 15) is 22.9 Å². The number of nitrogens with zero attached hydrogens (tertiary/aromatic N) is 3. The zero-order chi connectivity index (χ0) is 21.0. The minimum Gasteiger partial charge on any atom is -0.304 e. The van der Waals surface area contributed by atoms with Crippen LogP contribution in [0, 0.1) is 15.9 Å². The van der Waals surface area contributed by atoms with Gasteiger partial charge in [0.05, 0.1) is 9.82 Å². The van der Waals surface area contributed by atoms with Gasteiger partial charge >= 0.3 is 0 Å². The number of nitro benzene ring substituents is 1. The second-order valence-electron chi connectivity index (χ2n) is 7.01. The Morgan fingerprint density at radius 2 is 1.66 bits per heavy atom. The molecule has 1 atom stereocenters. The highest BCUT2D eigenvalue weighted by Crippen LogP contribution is 2.23. The molecule has 29 heavy (non-hydrogen) atoms. The van der Waals surface area contributed by atoms with Crippen molar-refractivity contribution in [2.45, 2.75) is 10.9 Å². The predicted molar refractivity (Wildman–Crippen MR) is 106 cm³/mol. The van der Waals surface area contributed by atoms with Gasteiger partial charge in [0.15, 0.2) is 0 Å². The summed E-state index contributed by atoms with van der Waals surface area (Å²) in [5.41, 5.74) is 0.646. The van der Waals surface area contributed by atoms with Gasteiger partial charge in [-0.1, -0.05) is 12.1 Å². The Bertz CT molecular complexity index is 943. The first-order valence-electron chi connectivity index (χ1n) is 9.18. The van der Waals surface area contributed by atoms with E-state index in [1.165, 1.54) is 24.3 Å². The molecule has 1 aliphatic heterocycles. The Morgan fingerprint density at radius 1 is 1.07 bits per heavy atom. The summed E-state index contributed by atoms with van der Waals surface area (Å²) in [6, 6.07) is 10.5. The number of piperazine rings is 1. The minimum atomic E-state index is -3.85. The Balaban J connectivity index is 1.78. The molecule has 1 heterocycles. The molecule has 1 fully saturated rings. The zero-order valence-corrected chi connectivity index (χ0v) is 16.8. The van der Waals surface area contributed by atoms with Gasteiger partial charge in [0.2, 0.25) is 10.0 Å². The van der Waals surface area contributed by atoms with Crippen LogP contribution in [0.3, 0.4) is 0 Å². The van der Waals surface area contributed by atoms with Crippen molar-refractivity contribution in [1.82, 2.24) is 14.5 Å². The maximum Gasteiger partial charge on any atom is 0.269 e. The first kappa shape index (κ1) is 21.3. The summed E-state index contributed by atoms with van der Waals surface area (Å²) in [6.07, 6.45) is 0. The van der Waals surface area contributed by atoms with Crippen LogP contribution in [0.2, 0.25) is 0 Å². The van der Waals surface area contributed by atoms with Crippen molar-refractivity contribution in [3.05, 3.63) is 70.0 Å². The van der Waals surface area contributed by atoms with Gasteiger partial charge in [-0.3, -0.25) is 15.0 Å². The maximum absolute atomic E-state index is 13.3. The van der Waals surface area contributed by atoms with Crippen LogP contribution < -0.4 is 4.72 Å². The molecule has 1 aliphatic rings.